The van der Waals surface area contributed by atoms with E-state index in [2.05, 4.69) is 4.52 Å². The summed E-state index contributed by atoms with van der Waals surface area (Å²) in [5.41, 5.74) is 0.708. The first-order valence-electron chi connectivity index (χ1n) is 5.14. The lowest BCUT2D eigenvalue weighted by Crippen LogP contribution is -1.99. The lowest BCUT2D eigenvalue weighted by molar-refractivity contribution is 0.0978. The molecule has 1 aromatic carbocycles. The van der Waals surface area contributed by atoms with Gasteiger partial charge < -0.3 is 9.42 Å². The Kier molecular flexibility index (Phi) is 6.01. The van der Waals surface area contributed by atoms with E-state index >= 15 is 0 Å². The van der Waals surface area contributed by atoms with E-state index in [0.29, 0.717) is 24.8 Å². The van der Waals surface area contributed by atoms with Crippen molar-refractivity contribution >= 4 is 14.0 Å². The summed E-state index contributed by atoms with van der Waals surface area (Å²) in [7, 11) is -2.82. The summed E-state index contributed by atoms with van der Waals surface area (Å²) in [5, 5.41) is 0. The minimum Gasteiger partial charge on any atom is -0.326 e. The number of carbonyl (C=O) groups is 1. The van der Waals surface area contributed by atoms with Crippen LogP contribution < -0.4 is 0 Å². The second-order valence-electron chi connectivity index (χ2n) is 3.36. The van der Waals surface area contributed by atoms with Gasteiger partial charge in [0.25, 0.3) is 0 Å². The van der Waals surface area contributed by atoms with Crippen LogP contribution in [0.5, 0.6) is 0 Å². The van der Waals surface area contributed by atoms with Gasteiger partial charge in [0.15, 0.2) is 5.78 Å². The normalized spacial score (nSPS) is 12.3. The van der Waals surface area contributed by atoms with E-state index in [1.807, 2.05) is 18.2 Å². The Morgan fingerprint density at radius 1 is 1.25 bits per heavy atom. The maximum absolute atomic E-state index is 11.6. The maximum Gasteiger partial charge on any atom is 0.316 e. The van der Waals surface area contributed by atoms with Gasteiger partial charge in [-0.25, -0.2) is 0 Å². The molecule has 0 aliphatic heterocycles. The molecule has 16 heavy (non-hydrogen) atoms. The van der Waals surface area contributed by atoms with Crippen LogP contribution in [0.1, 0.15) is 29.6 Å². The standard InChI is InChI=1S/C11H15O4P/c12-11(10-6-2-1-3-7-10)8-4-5-9-15-16(13)14/h1-3,6-7,16H,4-5,8-9H2,(H,13,14). The van der Waals surface area contributed by atoms with Gasteiger partial charge in [-0.3, -0.25) is 9.36 Å². The Labute approximate surface area is 95.2 Å². The number of rotatable bonds is 7. The van der Waals surface area contributed by atoms with Crippen molar-refractivity contribution < 1.29 is 18.8 Å². The van der Waals surface area contributed by atoms with E-state index < -0.39 is 8.25 Å². The second-order valence-corrected chi connectivity index (χ2v) is 4.18. The molecule has 1 aromatic rings. The van der Waals surface area contributed by atoms with Gasteiger partial charge in [-0.05, 0) is 12.8 Å². The lowest BCUT2D eigenvalue weighted by atomic mass is 10.1. The average Bonchev–Trinajstić information content (AvgIpc) is 2.29. The third-order valence-electron chi connectivity index (χ3n) is 2.12. The van der Waals surface area contributed by atoms with Crippen molar-refractivity contribution in [3.63, 3.8) is 0 Å². The Balaban J connectivity index is 2.19. The van der Waals surface area contributed by atoms with Crippen molar-refractivity contribution in [2.45, 2.75) is 19.3 Å². The van der Waals surface area contributed by atoms with Crippen LogP contribution in [-0.4, -0.2) is 17.3 Å². The highest BCUT2D eigenvalue weighted by Crippen LogP contribution is 2.15. The van der Waals surface area contributed by atoms with Crippen LogP contribution in [0.4, 0.5) is 0 Å². The summed E-state index contributed by atoms with van der Waals surface area (Å²) in [6.07, 6.45) is 1.73. The Morgan fingerprint density at radius 2 is 1.94 bits per heavy atom. The van der Waals surface area contributed by atoms with Crippen LogP contribution in [-0.2, 0) is 9.09 Å². The Morgan fingerprint density at radius 3 is 2.56 bits per heavy atom. The second kappa shape index (κ2) is 7.34. The molecule has 1 rings (SSSR count). The van der Waals surface area contributed by atoms with Crippen molar-refractivity contribution in [1.82, 2.24) is 0 Å². The molecule has 4 nitrogen and oxygen atoms in total. The van der Waals surface area contributed by atoms with E-state index in [1.54, 1.807) is 12.1 Å². The zero-order valence-corrected chi connectivity index (χ0v) is 9.89. The van der Waals surface area contributed by atoms with Gasteiger partial charge in [0.1, 0.15) is 0 Å². The molecule has 1 unspecified atom stereocenters. The Hall–Kier alpha value is -0.960. The van der Waals surface area contributed by atoms with Gasteiger partial charge in [0, 0.05) is 12.0 Å². The van der Waals surface area contributed by atoms with E-state index in [9.17, 15) is 9.36 Å². The molecule has 5 heteroatoms. The Bertz CT molecular complexity index is 350. The highest BCUT2D eigenvalue weighted by molar-refractivity contribution is 7.32. The molecule has 0 aliphatic carbocycles. The molecule has 0 spiro atoms. The average molecular weight is 242 g/mol. The van der Waals surface area contributed by atoms with Gasteiger partial charge in [-0.1, -0.05) is 30.3 Å². The molecule has 0 saturated carbocycles. The van der Waals surface area contributed by atoms with Crippen molar-refractivity contribution in [1.29, 1.82) is 0 Å². The van der Waals surface area contributed by atoms with E-state index in [1.165, 1.54) is 0 Å². The van der Waals surface area contributed by atoms with Crippen LogP contribution in [0, 0.1) is 0 Å². The highest BCUT2D eigenvalue weighted by atomic mass is 31.1. The number of ketones is 1. The quantitative estimate of drug-likeness (QED) is 0.453. The topological polar surface area (TPSA) is 63.6 Å². The maximum atomic E-state index is 11.6. The van der Waals surface area contributed by atoms with E-state index in [4.69, 9.17) is 4.89 Å². The fraction of sp³-hybridized carbons (Fsp3) is 0.364. The van der Waals surface area contributed by atoms with E-state index in [-0.39, 0.29) is 12.4 Å². The number of carbonyl (C=O) groups excluding carboxylic acids is 1. The number of unbranched alkanes of at least 4 members (excludes halogenated alkanes) is 1. The van der Waals surface area contributed by atoms with Crippen LogP contribution in [0.2, 0.25) is 0 Å². The van der Waals surface area contributed by atoms with Crippen molar-refractivity contribution in [3.05, 3.63) is 35.9 Å². The van der Waals surface area contributed by atoms with E-state index in [0.717, 1.165) is 0 Å². The molecule has 1 N–H and O–H groups in total. The molecule has 0 aromatic heterocycles. The summed E-state index contributed by atoms with van der Waals surface area (Å²) in [6.45, 7) is 0.233. The summed E-state index contributed by atoms with van der Waals surface area (Å²) >= 11 is 0. The molecule has 0 radical (unpaired) electrons. The molecule has 0 bridgehead atoms. The van der Waals surface area contributed by atoms with Crippen LogP contribution in [0.25, 0.3) is 0 Å². The largest absolute Gasteiger partial charge is 0.326 e. The first kappa shape index (κ1) is 13.1. The SMILES string of the molecule is O=C(CCCCO[PH](=O)O)c1ccccc1. The fourth-order valence-corrected chi connectivity index (χ4v) is 1.63. The monoisotopic (exact) mass is 242 g/mol. The van der Waals surface area contributed by atoms with Gasteiger partial charge in [-0.2, -0.15) is 0 Å². The zero-order chi connectivity index (χ0) is 11.8. The molecule has 0 aliphatic rings. The lowest BCUT2D eigenvalue weighted by Gasteiger charge is -2.01. The predicted molar refractivity (Wildman–Crippen MR) is 61.8 cm³/mol. The number of hydrogen-bond donors (Lipinski definition) is 1. The number of Topliss-reactive ketones (excluding diaryl/α,β-unsaturated/α-hetero) is 1. The molecular weight excluding hydrogens is 227 g/mol. The molecule has 0 heterocycles. The summed E-state index contributed by atoms with van der Waals surface area (Å²) in [5.74, 6) is 0.0947. The molecule has 0 saturated heterocycles. The van der Waals surface area contributed by atoms with Gasteiger partial charge >= 0.3 is 8.25 Å². The third-order valence-corrected chi connectivity index (χ3v) is 2.57. The highest BCUT2D eigenvalue weighted by Gasteiger charge is 2.04. The summed E-state index contributed by atoms with van der Waals surface area (Å²) in [4.78, 5) is 20.0. The van der Waals surface area contributed by atoms with Crippen LogP contribution >= 0.6 is 8.25 Å². The first-order valence-corrected chi connectivity index (χ1v) is 6.40. The summed E-state index contributed by atoms with van der Waals surface area (Å²) in [6, 6.07) is 9.09. The van der Waals surface area contributed by atoms with Crippen LogP contribution in [0.3, 0.4) is 0 Å². The fourth-order valence-electron chi connectivity index (χ4n) is 1.32. The van der Waals surface area contributed by atoms with Crippen LogP contribution in [0.15, 0.2) is 30.3 Å². The molecule has 88 valence electrons. The molecule has 0 amide bonds. The molecule has 0 fully saturated rings. The number of benzene rings is 1. The number of hydrogen-bond acceptors (Lipinski definition) is 3. The molecular formula is C11H15O4P. The van der Waals surface area contributed by atoms with Gasteiger partial charge in [-0.15, -0.1) is 0 Å². The van der Waals surface area contributed by atoms with Gasteiger partial charge in [0.05, 0.1) is 6.61 Å². The predicted octanol–water partition coefficient (Wildman–Crippen LogP) is 2.44. The van der Waals surface area contributed by atoms with Crippen molar-refractivity contribution in [2.24, 2.45) is 0 Å². The van der Waals surface area contributed by atoms with Crippen molar-refractivity contribution in [2.75, 3.05) is 6.61 Å². The third kappa shape index (κ3) is 5.21. The minimum atomic E-state index is -2.82. The first-order chi connectivity index (χ1) is 7.70. The summed E-state index contributed by atoms with van der Waals surface area (Å²) < 4.78 is 14.7. The van der Waals surface area contributed by atoms with Gasteiger partial charge in [0.2, 0.25) is 0 Å². The van der Waals surface area contributed by atoms with Crippen molar-refractivity contribution in [3.8, 4) is 0 Å². The zero-order valence-electron chi connectivity index (χ0n) is 8.89. The molecule has 1 atom stereocenters. The minimum absolute atomic E-state index is 0.0947. The smallest absolute Gasteiger partial charge is 0.316 e.